The van der Waals surface area contributed by atoms with Crippen molar-refractivity contribution in [1.82, 2.24) is 30.0 Å². The van der Waals surface area contributed by atoms with Crippen molar-refractivity contribution in [3.8, 4) is 11.4 Å². The number of rotatable bonds is 3. The first-order valence-corrected chi connectivity index (χ1v) is 9.45. The second-order valence-corrected chi connectivity index (χ2v) is 7.43. The van der Waals surface area contributed by atoms with Gasteiger partial charge in [0.2, 0.25) is 0 Å². The third-order valence-electron chi connectivity index (χ3n) is 5.42. The van der Waals surface area contributed by atoms with Crippen LogP contribution in [0.4, 0.5) is 4.39 Å². The molecule has 148 valence electrons. The highest BCUT2D eigenvalue weighted by Gasteiger charge is 2.26. The zero-order valence-electron chi connectivity index (χ0n) is 15.7. The smallest absolute Gasteiger partial charge is 0.255 e. The molecule has 0 unspecified atom stereocenters. The molecule has 0 aliphatic heterocycles. The van der Waals surface area contributed by atoms with Crippen molar-refractivity contribution >= 4 is 28.0 Å². The summed E-state index contributed by atoms with van der Waals surface area (Å²) in [4.78, 5) is 24.7. The largest absolute Gasteiger partial charge is 0.393 e. The molecule has 0 saturated heterocycles. The number of aryl methyl sites for hydroxylation is 1. The number of aliphatic hydroxyl groups is 1. The Kier molecular flexibility index (Phi) is 4.06. The van der Waals surface area contributed by atoms with Crippen molar-refractivity contribution < 1.29 is 14.3 Å². The van der Waals surface area contributed by atoms with Crippen molar-refractivity contribution in [1.29, 1.82) is 0 Å². The van der Waals surface area contributed by atoms with E-state index in [0.29, 0.717) is 46.5 Å². The lowest BCUT2D eigenvalue weighted by atomic mass is 10.1. The van der Waals surface area contributed by atoms with E-state index < -0.39 is 0 Å². The summed E-state index contributed by atoms with van der Waals surface area (Å²) in [5.74, 6) is -0.593. The maximum Gasteiger partial charge on any atom is 0.255 e. The van der Waals surface area contributed by atoms with Crippen molar-refractivity contribution in [2.24, 2.45) is 7.05 Å². The number of aromatic nitrogens is 5. The Morgan fingerprint density at radius 2 is 2.24 bits per heavy atom. The monoisotopic (exact) mass is 394 g/mol. The average molecular weight is 394 g/mol. The first-order valence-electron chi connectivity index (χ1n) is 9.45. The van der Waals surface area contributed by atoms with Gasteiger partial charge in [0.25, 0.3) is 5.91 Å². The molecule has 5 rings (SSSR count). The fourth-order valence-corrected chi connectivity index (χ4v) is 3.95. The molecule has 8 nitrogen and oxygen atoms in total. The number of nitrogens with one attached hydrogen (secondary N) is 2. The minimum absolute atomic E-state index is 0.0479. The number of nitrogens with zero attached hydrogens (tertiary/aromatic N) is 4. The number of carbonyl (C=O) groups excluding carboxylic acids is 1. The number of halogens is 1. The summed E-state index contributed by atoms with van der Waals surface area (Å²) in [5.41, 5.74) is 3.05. The van der Waals surface area contributed by atoms with E-state index in [9.17, 15) is 14.3 Å². The molecule has 1 aliphatic carbocycles. The van der Waals surface area contributed by atoms with Crippen LogP contribution in [0.25, 0.3) is 33.5 Å². The summed E-state index contributed by atoms with van der Waals surface area (Å²) in [5, 5.41) is 17.8. The number of aliphatic hydroxyl groups excluding tert-OH is 1. The van der Waals surface area contributed by atoms with Crippen LogP contribution in [0.15, 0.2) is 30.6 Å². The van der Waals surface area contributed by atoms with Crippen LogP contribution >= 0.6 is 0 Å². The highest BCUT2D eigenvalue weighted by molar-refractivity contribution is 6.05. The van der Waals surface area contributed by atoms with Crippen molar-refractivity contribution in [3.05, 3.63) is 42.0 Å². The summed E-state index contributed by atoms with van der Waals surface area (Å²) in [6, 6.07) is 4.41. The molecule has 1 amide bonds. The summed E-state index contributed by atoms with van der Waals surface area (Å²) < 4.78 is 15.2. The van der Waals surface area contributed by atoms with Gasteiger partial charge in [-0.1, -0.05) is 0 Å². The Balaban J connectivity index is 1.54. The lowest BCUT2D eigenvalue weighted by molar-refractivity contribution is 0.0935. The van der Waals surface area contributed by atoms with Crippen LogP contribution in [0.5, 0.6) is 0 Å². The van der Waals surface area contributed by atoms with Gasteiger partial charge in [-0.15, -0.1) is 0 Å². The summed E-state index contributed by atoms with van der Waals surface area (Å²) in [6.45, 7) is 0. The standard InChI is InChI=1S/C20H19FN6O2/c1-27-16-6-10(21)2-5-13(16)17(26-27)15-9-23-19-18(25-15)14(8-22-19)20(29)24-11-3-4-12(28)7-11/h2,5-6,8-9,11-12,28H,3-4,7H2,1H3,(H,22,23)(H,24,29)/t11-,12+/m0/s1. The molecule has 2 atom stereocenters. The highest BCUT2D eigenvalue weighted by atomic mass is 19.1. The van der Waals surface area contributed by atoms with E-state index in [0.717, 1.165) is 11.8 Å². The van der Waals surface area contributed by atoms with Gasteiger partial charge in [-0.05, 0) is 37.5 Å². The number of hydrogen-bond acceptors (Lipinski definition) is 5. The van der Waals surface area contributed by atoms with Crippen LogP contribution in [0.1, 0.15) is 29.6 Å². The zero-order chi connectivity index (χ0) is 20.1. The SMILES string of the molecule is Cn1nc(-c2cnc3[nH]cc(C(=O)N[C@H]4CC[C@@H](O)C4)c3n2)c2ccc(F)cc21. The predicted molar refractivity (Wildman–Crippen MR) is 105 cm³/mol. The molecule has 0 bridgehead atoms. The van der Waals surface area contributed by atoms with Crippen LogP contribution in [-0.4, -0.2) is 47.9 Å². The van der Waals surface area contributed by atoms with Gasteiger partial charge in [0.05, 0.1) is 23.4 Å². The molecule has 3 N–H and O–H groups in total. The van der Waals surface area contributed by atoms with Gasteiger partial charge < -0.3 is 15.4 Å². The second kappa shape index (κ2) is 6.63. The molecule has 1 aromatic carbocycles. The molecular formula is C20H19FN6O2. The number of carbonyl (C=O) groups is 1. The van der Waals surface area contributed by atoms with E-state index >= 15 is 0 Å². The Morgan fingerprint density at radius 3 is 3.03 bits per heavy atom. The zero-order valence-corrected chi connectivity index (χ0v) is 15.7. The van der Waals surface area contributed by atoms with Gasteiger partial charge in [-0.2, -0.15) is 5.10 Å². The second-order valence-electron chi connectivity index (χ2n) is 7.43. The predicted octanol–water partition coefficient (Wildman–Crippen LogP) is 2.29. The van der Waals surface area contributed by atoms with Crippen LogP contribution < -0.4 is 5.32 Å². The molecule has 0 radical (unpaired) electrons. The highest BCUT2D eigenvalue weighted by Crippen LogP contribution is 2.28. The van der Waals surface area contributed by atoms with Gasteiger partial charge in [-0.25, -0.2) is 14.4 Å². The van der Waals surface area contributed by atoms with Crippen LogP contribution in [0.3, 0.4) is 0 Å². The number of aromatic amines is 1. The Morgan fingerprint density at radius 1 is 1.38 bits per heavy atom. The molecule has 1 saturated carbocycles. The third kappa shape index (κ3) is 3.03. The number of amides is 1. The van der Waals surface area contributed by atoms with Crippen LogP contribution in [-0.2, 0) is 7.05 Å². The normalized spacial score (nSPS) is 19.3. The van der Waals surface area contributed by atoms with Crippen LogP contribution in [0.2, 0.25) is 0 Å². The summed E-state index contributed by atoms with van der Waals surface area (Å²) in [6.07, 6.45) is 4.80. The number of fused-ring (bicyclic) bond motifs is 2. The summed E-state index contributed by atoms with van der Waals surface area (Å²) in [7, 11) is 1.74. The number of H-pyrrole nitrogens is 1. The first kappa shape index (κ1) is 17.7. The van der Waals surface area contributed by atoms with Crippen molar-refractivity contribution in [2.75, 3.05) is 0 Å². The molecule has 3 aromatic heterocycles. The van der Waals surface area contributed by atoms with E-state index in [1.54, 1.807) is 30.2 Å². The molecule has 3 heterocycles. The lowest BCUT2D eigenvalue weighted by Gasteiger charge is -2.11. The van der Waals surface area contributed by atoms with Gasteiger partial charge >= 0.3 is 0 Å². The molecule has 9 heteroatoms. The first-order chi connectivity index (χ1) is 14.0. The lowest BCUT2D eigenvalue weighted by Crippen LogP contribution is -2.33. The molecule has 1 fully saturated rings. The number of benzene rings is 1. The minimum atomic E-state index is -0.364. The Bertz CT molecular complexity index is 1250. The van der Waals surface area contributed by atoms with Gasteiger partial charge in [0.15, 0.2) is 5.65 Å². The van der Waals surface area contributed by atoms with Crippen LogP contribution in [0, 0.1) is 5.82 Å². The minimum Gasteiger partial charge on any atom is -0.393 e. The van der Waals surface area contributed by atoms with E-state index in [1.165, 1.54) is 12.1 Å². The summed E-state index contributed by atoms with van der Waals surface area (Å²) >= 11 is 0. The molecule has 29 heavy (non-hydrogen) atoms. The van der Waals surface area contributed by atoms with E-state index in [2.05, 4.69) is 25.4 Å². The van der Waals surface area contributed by atoms with Gasteiger partial charge in [-0.3, -0.25) is 9.48 Å². The Hall–Kier alpha value is -3.33. The average Bonchev–Trinajstić information content (AvgIpc) is 3.39. The third-order valence-corrected chi connectivity index (χ3v) is 5.42. The maximum atomic E-state index is 13.6. The fraction of sp³-hybridized carbons (Fsp3) is 0.300. The van der Waals surface area contributed by atoms with E-state index in [1.807, 2.05) is 0 Å². The topological polar surface area (TPSA) is 109 Å². The molecule has 1 aliphatic rings. The number of hydrogen-bond donors (Lipinski definition) is 3. The maximum absolute atomic E-state index is 13.6. The van der Waals surface area contributed by atoms with Gasteiger partial charge in [0, 0.05) is 24.7 Å². The van der Waals surface area contributed by atoms with E-state index in [-0.39, 0.29) is 23.9 Å². The fourth-order valence-electron chi connectivity index (χ4n) is 3.95. The molecular weight excluding hydrogens is 375 g/mol. The molecule has 0 spiro atoms. The molecule has 4 aromatic rings. The van der Waals surface area contributed by atoms with Crippen molar-refractivity contribution in [3.63, 3.8) is 0 Å². The Labute approximate surface area is 164 Å². The van der Waals surface area contributed by atoms with E-state index in [4.69, 9.17) is 0 Å². The van der Waals surface area contributed by atoms with Crippen molar-refractivity contribution in [2.45, 2.75) is 31.4 Å². The van der Waals surface area contributed by atoms with Gasteiger partial charge in [0.1, 0.15) is 22.7 Å². The quantitative estimate of drug-likeness (QED) is 0.494.